The molecule has 0 aliphatic heterocycles. The minimum Gasteiger partial charge on any atom is -0.328 e. The molecule has 0 saturated heterocycles. The van der Waals surface area contributed by atoms with Gasteiger partial charge in [-0.2, -0.15) is 0 Å². The van der Waals surface area contributed by atoms with Gasteiger partial charge in [0.2, 0.25) is 0 Å². The predicted octanol–water partition coefficient (Wildman–Crippen LogP) is -1.05. The molecule has 3 N–H and O–H groups in total. The summed E-state index contributed by atoms with van der Waals surface area (Å²) in [5.41, 5.74) is 0. The Morgan fingerprint density at radius 2 is 0.692 bits per heavy atom. The van der Waals surface area contributed by atoms with Crippen molar-refractivity contribution in [3.63, 3.8) is 0 Å². The second-order valence-corrected chi connectivity index (χ2v) is 0.714. The molecule has 0 aromatic carbocycles. The van der Waals surface area contributed by atoms with Crippen LogP contribution in [0.2, 0.25) is 0 Å². The zero-order valence-corrected chi connectivity index (χ0v) is 7.22. The normalized spacial score (nSPS) is 5.54. The van der Waals surface area contributed by atoms with E-state index in [0.29, 0.717) is 0 Å². The van der Waals surface area contributed by atoms with E-state index in [1.807, 2.05) is 0 Å². The Kier molecular flexibility index (Phi) is 28.8. The monoisotopic (exact) mass is 291 g/mol. The summed E-state index contributed by atoms with van der Waals surface area (Å²) in [5, 5.41) is 40.9. The Bertz CT molecular complexity index is 112. The Balaban J connectivity index is -0.0000000450. The summed E-state index contributed by atoms with van der Waals surface area (Å²) in [6.07, 6.45) is 0. The van der Waals surface area contributed by atoms with Crippen molar-refractivity contribution in [2.24, 2.45) is 0 Å². The van der Waals surface area contributed by atoms with Gasteiger partial charge in [-0.25, -0.2) is 0 Å². The van der Waals surface area contributed by atoms with Crippen molar-refractivity contribution in [2.75, 3.05) is 0 Å². The summed E-state index contributed by atoms with van der Waals surface area (Å²) in [6.45, 7) is 0. The van der Waals surface area contributed by atoms with Gasteiger partial charge in [0.25, 0.3) is 15.3 Å². The third-order valence-corrected chi connectivity index (χ3v) is 0. The molecular weight excluding hydrogens is 287 g/mol. The summed E-state index contributed by atoms with van der Waals surface area (Å²) >= 11 is 0. The van der Waals surface area contributed by atoms with E-state index in [-0.39, 0.29) is 19.5 Å². The molecule has 13 heavy (non-hydrogen) atoms. The molecule has 0 amide bonds. The van der Waals surface area contributed by atoms with Gasteiger partial charge in [0.1, 0.15) is 0 Å². The quantitative estimate of drug-likeness (QED) is 0.284. The maximum atomic E-state index is 8.36. The van der Waals surface area contributed by atoms with Crippen LogP contribution in [0, 0.1) is 30.3 Å². The standard InChI is InChI=1S/3HNO3.Ru/c3*2-1(3)4;/h3*(H,2,3,4);. The van der Waals surface area contributed by atoms with Crippen LogP contribution in [0.4, 0.5) is 0 Å². The molecule has 0 atom stereocenters. The molecule has 0 unspecified atom stereocenters. The summed E-state index contributed by atoms with van der Waals surface area (Å²) < 4.78 is 0. The van der Waals surface area contributed by atoms with E-state index in [1.165, 1.54) is 0 Å². The van der Waals surface area contributed by atoms with Crippen molar-refractivity contribution < 1.29 is 50.4 Å². The van der Waals surface area contributed by atoms with Crippen molar-refractivity contribution in [1.82, 2.24) is 0 Å². The van der Waals surface area contributed by atoms with Gasteiger partial charge in [-0.3, -0.25) is 0 Å². The van der Waals surface area contributed by atoms with E-state index in [0.717, 1.165) is 0 Å². The molecule has 0 fully saturated rings. The summed E-state index contributed by atoms with van der Waals surface area (Å²) in [7, 11) is 0. The van der Waals surface area contributed by atoms with Gasteiger partial charge in [0, 0.05) is 19.5 Å². The van der Waals surface area contributed by atoms with E-state index in [1.54, 1.807) is 0 Å². The van der Waals surface area contributed by atoms with Crippen molar-refractivity contribution >= 4 is 0 Å². The first-order chi connectivity index (χ1) is 5.20. The van der Waals surface area contributed by atoms with Crippen LogP contribution in [-0.4, -0.2) is 30.9 Å². The van der Waals surface area contributed by atoms with Crippen LogP contribution in [-0.2, 0) is 19.5 Å². The number of rotatable bonds is 0. The molecule has 80 valence electrons. The maximum Gasteiger partial charge on any atom is 0.291 e. The topological polar surface area (TPSA) is 190 Å². The van der Waals surface area contributed by atoms with Crippen LogP contribution in [0.1, 0.15) is 0 Å². The zero-order valence-electron chi connectivity index (χ0n) is 5.49. The van der Waals surface area contributed by atoms with Crippen LogP contribution < -0.4 is 0 Å². The van der Waals surface area contributed by atoms with Gasteiger partial charge in [-0.15, -0.1) is 30.3 Å². The number of hydrogen-bond acceptors (Lipinski definition) is 6. The molecule has 12 nitrogen and oxygen atoms in total. The van der Waals surface area contributed by atoms with Crippen molar-refractivity contribution in [2.45, 2.75) is 0 Å². The minimum atomic E-state index is -1.50. The minimum absolute atomic E-state index is 0. The van der Waals surface area contributed by atoms with Crippen molar-refractivity contribution in [3.8, 4) is 0 Å². The number of hydrogen-bond donors (Lipinski definition) is 3. The van der Waals surface area contributed by atoms with Crippen LogP contribution >= 0.6 is 0 Å². The third-order valence-electron chi connectivity index (χ3n) is 0. The van der Waals surface area contributed by atoms with Crippen LogP contribution in [0.25, 0.3) is 0 Å². The third kappa shape index (κ3) is 219. The molecular formula is H3N3O9Ru. The average molecular weight is 290 g/mol. The fourth-order valence-corrected chi connectivity index (χ4v) is 0. The van der Waals surface area contributed by atoms with E-state index in [2.05, 4.69) is 0 Å². The first-order valence-corrected chi connectivity index (χ1v) is 1.70. The van der Waals surface area contributed by atoms with E-state index in [9.17, 15) is 0 Å². The zero-order chi connectivity index (χ0) is 10.7. The Morgan fingerprint density at radius 1 is 0.692 bits per heavy atom. The van der Waals surface area contributed by atoms with Crippen LogP contribution in [0.15, 0.2) is 0 Å². The van der Waals surface area contributed by atoms with Crippen LogP contribution in [0.3, 0.4) is 0 Å². The van der Waals surface area contributed by atoms with Gasteiger partial charge in [-0.05, 0) is 0 Å². The largest absolute Gasteiger partial charge is 0.328 e. The van der Waals surface area contributed by atoms with E-state index < -0.39 is 15.3 Å². The van der Waals surface area contributed by atoms with Gasteiger partial charge in [0.05, 0.1) is 0 Å². The maximum absolute atomic E-state index is 8.36. The molecule has 0 aromatic rings. The van der Waals surface area contributed by atoms with Gasteiger partial charge in [-0.1, -0.05) is 0 Å². The Morgan fingerprint density at radius 3 is 0.692 bits per heavy atom. The van der Waals surface area contributed by atoms with Gasteiger partial charge >= 0.3 is 0 Å². The predicted molar refractivity (Wildman–Crippen MR) is 26.3 cm³/mol. The molecule has 13 heteroatoms. The second kappa shape index (κ2) is 16.7. The first-order valence-electron chi connectivity index (χ1n) is 1.70. The molecule has 0 radical (unpaired) electrons. The SMILES string of the molecule is O=[N+]([O-])O.O=[N+]([O-])O.O=[N+]([O-])O.[Ru]. The fourth-order valence-electron chi connectivity index (χ4n) is 0. The van der Waals surface area contributed by atoms with E-state index in [4.69, 9.17) is 46.0 Å². The Hall–Kier alpha value is -1.78. The molecule has 0 rings (SSSR count). The van der Waals surface area contributed by atoms with Crippen LogP contribution in [0.5, 0.6) is 0 Å². The molecule has 0 bridgehead atoms. The molecule has 0 saturated carbocycles. The molecule has 0 heterocycles. The summed E-state index contributed by atoms with van der Waals surface area (Å²) in [6, 6.07) is 0. The van der Waals surface area contributed by atoms with Gasteiger partial charge < -0.3 is 15.6 Å². The molecule has 0 aliphatic rings. The second-order valence-electron chi connectivity index (χ2n) is 0.714. The van der Waals surface area contributed by atoms with Crippen molar-refractivity contribution in [3.05, 3.63) is 30.3 Å². The molecule has 0 aromatic heterocycles. The molecule has 0 aliphatic carbocycles. The fraction of sp³-hybridized carbons (Fsp3) is 0. The van der Waals surface area contributed by atoms with Gasteiger partial charge in [0.15, 0.2) is 0 Å². The number of nitrogens with zero attached hydrogens (tertiary/aromatic N) is 3. The average Bonchev–Trinajstić information content (AvgIpc) is 1.54. The summed E-state index contributed by atoms with van der Waals surface area (Å²) in [4.78, 5) is 25.1. The molecule has 0 spiro atoms. The summed E-state index contributed by atoms with van der Waals surface area (Å²) in [5.74, 6) is 0. The van der Waals surface area contributed by atoms with E-state index >= 15 is 0 Å². The Labute approximate surface area is 81.5 Å². The smallest absolute Gasteiger partial charge is 0.291 e. The van der Waals surface area contributed by atoms with Crippen molar-refractivity contribution in [1.29, 1.82) is 0 Å². The first kappa shape index (κ1) is 22.5.